The number of aryl methyl sites for hydroxylation is 1. The van der Waals surface area contributed by atoms with E-state index in [0.29, 0.717) is 11.4 Å². The summed E-state index contributed by atoms with van der Waals surface area (Å²) in [4.78, 5) is 24.9. The van der Waals surface area contributed by atoms with Gasteiger partial charge in [-0.25, -0.2) is 9.07 Å². The largest absolute Gasteiger partial charge is 0.381 e. The molecule has 0 radical (unpaired) electrons. The van der Waals surface area contributed by atoms with E-state index >= 15 is 0 Å². The number of carbonyl (C=O) groups is 2. The number of benzene rings is 3. The van der Waals surface area contributed by atoms with E-state index in [1.807, 2.05) is 48.5 Å². The molecular formula is C27H25FN4O3. The third kappa shape index (κ3) is 5.62. The molecule has 1 unspecified atom stereocenters. The molecule has 0 bridgehead atoms. The number of carbonyl (C=O) groups excluding carboxylic acids is 2. The molecule has 1 aromatic heterocycles. The molecular weight excluding hydrogens is 447 g/mol. The lowest BCUT2D eigenvalue weighted by atomic mass is 10.0. The molecule has 8 heteroatoms. The minimum absolute atomic E-state index is 0.214. The van der Waals surface area contributed by atoms with Crippen LogP contribution in [0.2, 0.25) is 0 Å². The van der Waals surface area contributed by atoms with Gasteiger partial charge in [-0.15, -0.1) is 0 Å². The second-order valence-corrected chi connectivity index (χ2v) is 8.26. The number of nitrogens with one attached hydrogen (secondary N) is 1. The zero-order chi connectivity index (χ0) is 24.9. The molecule has 4 rings (SSSR count). The number of amides is 2. The monoisotopic (exact) mass is 472 g/mol. The number of rotatable bonds is 8. The average Bonchev–Trinajstić information content (AvgIpc) is 3.25. The Labute approximate surface area is 202 Å². The van der Waals surface area contributed by atoms with Gasteiger partial charge in [-0.05, 0) is 60.4 Å². The van der Waals surface area contributed by atoms with Crippen LogP contribution >= 0.6 is 0 Å². The standard InChI is InChI=1S/C27H25FN4O3/c1-17-14-24(27(35)30-23(25(33)26(29)34)15-18-6-3-2-4-7-18)32(31-17)22-12-10-19(11-13-22)20-8-5-9-21(28)16-20/h2-14,16,23,25,33H,15H2,1H3,(H2,29,34)(H,30,35)/t23-,25?/m0/s1. The first kappa shape index (κ1) is 23.8. The number of hydrogen-bond acceptors (Lipinski definition) is 4. The van der Waals surface area contributed by atoms with Crippen molar-refractivity contribution in [2.24, 2.45) is 5.73 Å². The van der Waals surface area contributed by atoms with Gasteiger partial charge in [-0.1, -0.05) is 54.6 Å². The SMILES string of the molecule is Cc1cc(C(=O)N[C@@H](Cc2ccccc2)C(O)C(N)=O)n(-c2ccc(-c3cccc(F)c3)cc2)n1. The summed E-state index contributed by atoms with van der Waals surface area (Å²) < 4.78 is 15.1. The van der Waals surface area contributed by atoms with E-state index in [0.717, 1.165) is 16.7 Å². The van der Waals surface area contributed by atoms with E-state index in [1.54, 1.807) is 31.2 Å². The van der Waals surface area contributed by atoms with Gasteiger partial charge in [-0.2, -0.15) is 5.10 Å². The maximum Gasteiger partial charge on any atom is 0.270 e. The van der Waals surface area contributed by atoms with Gasteiger partial charge in [0.25, 0.3) is 5.91 Å². The second-order valence-electron chi connectivity index (χ2n) is 8.26. The van der Waals surface area contributed by atoms with Gasteiger partial charge in [0.05, 0.1) is 17.4 Å². The summed E-state index contributed by atoms with van der Waals surface area (Å²) in [7, 11) is 0. The molecule has 2 atom stereocenters. The molecule has 3 aromatic carbocycles. The fourth-order valence-electron chi connectivity index (χ4n) is 3.87. The van der Waals surface area contributed by atoms with Crippen molar-refractivity contribution in [1.82, 2.24) is 15.1 Å². The highest BCUT2D eigenvalue weighted by atomic mass is 19.1. The number of halogens is 1. The third-order valence-corrected chi connectivity index (χ3v) is 5.62. The first-order valence-corrected chi connectivity index (χ1v) is 11.1. The van der Waals surface area contributed by atoms with E-state index in [1.165, 1.54) is 16.8 Å². The van der Waals surface area contributed by atoms with Crippen molar-refractivity contribution in [1.29, 1.82) is 0 Å². The maximum atomic E-state index is 13.6. The van der Waals surface area contributed by atoms with E-state index in [9.17, 15) is 19.1 Å². The molecule has 0 spiro atoms. The highest BCUT2D eigenvalue weighted by Crippen LogP contribution is 2.22. The van der Waals surface area contributed by atoms with E-state index < -0.39 is 24.0 Å². The van der Waals surface area contributed by atoms with Crippen LogP contribution in [0.1, 0.15) is 21.7 Å². The number of aromatic nitrogens is 2. The lowest BCUT2D eigenvalue weighted by Gasteiger charge is -2.22. The first-order valence-electron chi connectivity index (χ1n) is 11.1. The molecule has 7 nitrogen and oxygen atoms in total. The number of hydrogen-bond donors (Lipinski definition) is 3. The molecule has 4 N–H and O–H groups in total. The summed E-state index contributed by atoms with van der Waals surface area (Å²) in [5, 5.41) is 17.5. The number of aliphatic hydroxyl groups is 1. The Balaban J connectivity index is 1.59. The van der Waals surface area contributed by atoms with Crippen molar-refractivity contribution in [3.63, 3.8) is 0 Å². The molecule has 178 valence electrons. The number of nitrogens with zero attached hydrogens (tertiary/aromatic N) is 2. The Bertz CT molecular complexity index is 1340. The number of nitrogens with two attached hydrogens (primary N) is 1. The summed E-state index contributed by atoms with van der Waals surface area (Å²) in [5.74, 6) is -1.76. The quantitative estimate of drug-likeness (QED) is 0.366. The Morgan fingerprint density at radius 3 is 2.37 bits per heavy atom. The fourth-order valence-corrected chi connectivity index (χ4v) is 3.87. The Hall–Kier alpha value is -4.30. The maximum absolute atomic E-state index is 13.6. The second kappa shape index (κ2) is 10.3. The van der Waals surface area contributed by atoms with Crippen molar-refractivity contribution in [3.05, 3.63) is 108 Å². The zero-order valence-electron chi connectivity index (χ0n) is 19.1. The topological polar surface area (TPSA) is 110 Å². The van der Waals surface area contributed by atoms with Gasteiger partial charge < -0.3 is 16.2 Å². The van der Waals surface area contributed by atoms with Crippen molar-refractivity contribution in [2.45, 2.75) is 25.5 Å². The Kier molecular flexibility index (Phi) is 7.03. The molecule has 0 aliphatic heterocycles. The average molecular weight is 473 g/mol. The fraction of sp³-hybridized carbons (Fsp3) is 0.148. The highest BCUT2D eigenvalue weighted by molar-refractivity contribution is 5.94. The first-order chi connectivity index (χ1) is 16.8. The molecule has 4 aromatic rings. The summed E-state index contributed by atoms with van der Waals surface area (Å²) in [6.45, 7) is 1.76. The van der Waals surface area contributed by atoms with Gasteiger partial charge in [0.2, 0.25) is 5.91 Å². The van der Waals surface area contributed by atoms with Crippen LogP contribution in [-0.4, -0.2) is 38.8 Å². The lowest BCUT2D eigenvalue weighted by molar-refractivity contribution is -0.127. The van der Waals surface area contributed by atoms with Crippen LogP contribution in [0, 0.1) is 12.7 Å². The molecule has 0 fully saturated rings. The zero-order valence-corrected chi connectivity index (χ0v) is 19.1. The van der Waals surface area contributed by atoms with Crippen LogP contribution in [0.15, 0.2) is 84.9 Å². The van der Waals surface area contributed by atoms with E-state index in [-0.39, 0.29) is 17.9 Å². The summed E-state index contributed by atoms with van der Waals surface area (Å²) in [6.07, 6.45) is -1.35. The molecule has 1 heterocycles. The number of primary amides is 1. The van der Waals surface area contributed by atoms with Crippen molar-refractivity contribution >= 4 is 11.8 Å². The smallest absolute Gasteiger partial charge is 0.270 e. The predicted octanol–water partition coefficient (Wildman–Crippen LogP) is 3.17. The van der Waals surface area contributed by atoms with E-state index in [4.69, 9.17) is 5.73 Å². The van der Waals surface area contributed by atoms with Gasteiger partial charge in [-0.3, -0.25) is 9.59 Å². The van der Waals surface area contributed by atoms with Crippen molar-refractivity contribution in [2.75, 3.05) is 0 Å². The highest BCUT2D eigenvalue weighted by Gasteiger charge is 2.28. The van der Waals surface area contributed by atoms with Crippen LogP contribution in [0.25, 0.3) is 16.8 Å². The van der Waals surface area contributed by atoms with Gasteiger partial charge in [0.15, 0.2) is 6.10 Å². The van der Waals surface area contributed by atoms with Crippen LogP contribution in [0.5, 0.6) is 0 Å². The Morgan fingerprint density at radius 2 is 1.71 bits per heavy atom. The van der Waals surface area contributed by atoms with Crippen LogP contribution in [0.4, 0.5) is 4.39 Å². The summed E-state index contributed by atoms with van der Waals surface area (Å²) in [5.41, 5.74) is 9.16. The van der Waals surface area contributed by atoms with Gasteiger partial charge in [0.1, 0.15) is 11.5 Å². The molecule has 0 aliphatic carbocycles. The Morgan fingerprint density at radius 1 is 1.00 bits per heavy atom. The molecule has 0 saturated carbocycles. The summed E-state index contributed by atoms with van der Waals surface area (Å²) in [6, 6.07) is 23.4. The predicted molar refractivity (Wildman–Crippen MR) is 130 cm³/mol. The van der Waals surface area contributed by atoms with Crippen LogP contribution in [0.3, 0.4) is 0 Å². The van der Waals surface area contributed by atoms with Crippen molar-refractivity contribution < 1.29 is 19.1 Å². The minimum atomic E-state index is -1.57. The molecule has 35 heavy (non-hydrogen) atoms. The van der Waals surface area contributed by atoms with Gasteiger partial charge >= 0.3 is 0 Å². The number of aliphatic hydroxyl groups excluding tert-OH is 1. The van der Waals surface area contributed by atoms with E-state index in [2.05, 4.69) is 10.4 Å². The molecule has 2 amide bonds. The molecule has 0 saturated heterocycles. The summed E-state index contributed by atoms with van der Waals surface area (Å²) >= 11 is 0. The van der Waals surface area contributed by atoms with Crippen LogP contribution < -0.4 is 11.1 Å². The normalized spacial score (nSPS) is 12.7. The van der Waals surface area contributed by atoms with Crippen LogP contribution in [-0.2, 0) is 11.2 Å². The van der Waals surface area contributed by atoms with Gasteiger partial charge in [0, 0.05) is 0 Å². The van der Waals surface area contributed by atoms with Crippen molar-refractivity contribution in [3.8, 4) is 16.8 Å². The molecule has 0 aliphatic rings. The lowest BCUT2D eigenvalue weighted by Crippen LogP contribution is -2.50. The minimum Gasteiger partial charge on any atom is -0.381 e. The third-order valence-electron chi connectivity index (χ3n) is 5.62.